The van der Waals surface area contributed by atoms with Gasteiger partial charge < -0.3 is 14.8 Å². The lowest BCUT2D eigenvalue weighted by atomic mass is 9.68. The first kappa shape index (κ1) is 34.7. The van der Waals surface area contributed by atoms with Crippen molar-refractivity contribution < 1.29 is 9.47 Å². The van der Waals surface area contributed by atoms with Crippen molar-refractivity contribution >= 4 is 23.2 Å². The Labute approximate surface area is 286 Å². The molecule has 244 valence electrons. The van der Waals surface area contributed by atoms with Gasteiger partial charge in [-0.3, -0.25) is 0 Å². The van der Waals surface area contributed by atoms with Gasteiger partial charge in [-0.25, -0.2) is 0 Å². The monoisotopic (exact) mass is 657 g/mol. The SMILES string of the molecule is Cc1cccc(C)c1C(CNC1(C(COCc2ccc(Cl)cc2)c2c(C)cccc2C)CCCCC1)COCc1ccc(Cl)cc1. The number of aryl methyl sites for hydroxylation is 4. The molecule has 4 aromatic carbocycles. The summed E-state index contributed by atoms with van der Waals surface area (Å²) in [6, 6.07) is 29.3. The van der Waals surface area contributed by atoms with Crippen LogP contribution < -0.4 is 5.32 Å². The summed E-state index contributed by atoms with van der Waals surface area (Å²) < 4.78 is 13.0. The lowest BCUT2D eigenvalue weighted by molar-refractivity contribution is 0.0570. The zero-order valence-electron chi connectivity index (χ0n) is 27.9. The summed E-state index contributed by atoms with van der Waals surface area (Å²) in [7, 11) is 0. The second-order valence-corrected chi connectivity index (χ2v) is 14.1. The van der Waals surface area contributed by atoms with Gasteiger partial charge in [0, 0.05) is 34.0 Å². The molecule has 0 saturated heterocycles. The van der Waals surface area contributed by atoms with E-state index in [-0.39, 0.29) is 17.4 Å². The first-order valence-electron chi connectivity index (χ1n) is 16.8. The van der Waals surface area contributed by atoms with Crippen molar-refractivity contribution in [3.05, 3.63) is 139 Å². The molecule has 5 rings (SSSR count). The predicted octanol–water partition coefficient (Wildman–Crippen LogP) is 10.8. The second kappa shape index (κ2) is 16.4. The van der Waals surface area contributed by atoms with Gasteiger partial charge in [-0.15, -0.1) is 0 Å². The van der Waals surface area contributed by atoms with Gasteiger partial charge in [0.2, 0.25) is 0 Å². The Bertz CT molecular complexity index is 1500. The van der Waals surface area contributed by atoms with Crippen LogP contribution in [0.5, 0.6) is 0 Å². The van der Waals surface area contributed by atoms with Gasteiger partial charge in [0.25, 0.3) is 0 Å². The third kappa shape index (κ3) is 8.82. The molecule has 4 aromatic rings. The van der Waals surface area contributed by atoms with Crippen LogP contribution in [-0.2, 0) is 22.7 Å². The van der Waals surface area contributed by atoms with Crippen molar-refractivity contribution in [3.63, 3.8) is 0 Å². The van der Waals surface area contributed by atoms with Crippen molar-refractivity contribution in [1.29, 1.82) is 0 Å². The molecule has 1 saturated carbocycles. The molecule has 1 aliphatic rings. The third-order valence-electron chi connectivity index (χ3n) is 9.92. The normalized spacial score (nSPS) is 15.9. The second-order valence-electron chi connectivity index (χ2n) is 13.2. The van der Waals surface area contributed by atoms with E-state index in [0.29, 0.717) is 26.4 Å². The Morgan fingerprint density at radius 3 is 1.57 bits per heavy atom. The molecule has 0 spiro atoms. The number of ether oxygens (including phenoxy) is 2. The Kier molecular flexibility index (Phi) is 12.4. The highest BCUT2D eigenvalue weighted by atomic mass is 35.5. The van der Waals surface area contributed by atoms with Crippen LogP contribution in [0.2, 0.25) is 10.0 Å². The van der Waals surface area contributed by atoms with Gasteiger partial charge in [-0.05, 0) is 109 Å². The van der Waals surface area contributed by atoms with Gasteiger partial charge in [-0.1, -0.05) is 103 Å². The van der Waals surface area contributed by atoms with Crippen molar-refractivity contribution in [2.45, 2.75) is 90.4 Å². The van der Waals surface area contributed by atoms with Gasteiger partial charge in [0.05, 0.1) is 26.4 Å². The van der Waals surface area contributed by atoms with E-state index in [9.17, 15) is 0 Å². The van der Waals surface area contributed by atoms with Crippen LogP contribution in [0.15, 0.2) is 84.9 Å². The minimum absolute atomic E-state index is 0.0832. The predicted molar refractivity (Wildman–Crippen MR) is 193 cm³/mol. The van der Waals surface area contributed by atoms with Gasteiger partial charge in [0.1, 0.15) is 0 Å². The standard InChI is InChI=1S/C41H49Cl2NO2/c1-29-10-8-11-30(2)39(29)35(27-45-25-33-14-18-36(42)19-15-33)24-44-41(22-6-5-7-23-41)38(40-31(3)12-9-13-32(40)4)28-46-26-34-16-20-37(43)21-17-34/h8-21,35,38,44H,5-7,22-28H2,1-4H3. The van der Waals surface area contributed by atoms with Crippen LogP contribution in [0.25, 0.3) is 0 Å². The molecule has 2 atom stereocenters. The molecule has 5 heteroatoms. The first-order valence-corrected chi connectivity index (χ1v) is 17.5. The number of nitrogens with one attached hydrogen (secondary N) is 1. The molecule has 0 amide bonds. The number of hydrogen-bond acceptors (Lipinski definition) is 3. The van der Waals surface area contributed by atoms with Gasteiger partial charge in [-0.2, -0.15) is 0 Å². The fourth-order valence-corrected chi connectivity index (χ4v) is 7.80. The molecular formula is C41H49Cl2NO2. The van der Waals surface area contributed by atoms with Crippen LogP contribution in [0.3, 0.4) is 0 Å². The van der Waals surface area contributed by atoms with Crippen molar-refractivity contribution in [3.8, 4) is 0 Å². The number of rotatable bonds is 14. The Balaban J connectivity index is 1.42. The Morgan fingerprint density at radius 1 is 0.609 bits per heavy atom. The van der Waals surface area contributed by atoms with E-state index in [2.05, 4.69) is 81.5 Å². The number of hydrogen-bond donors (Lipinski definition) is 1. The summed E-state index contributed by atoms with van der Waals surface area (Å²) in [4.78, 5) is 0. The Morgan fingerprint density at radius 2 is 1.07 bits per heavy atom. The van der Waals surface area contributed by atoms with E-state index in [1.807, 2.05) is 36.4 Å². The van der Waals surface area contributed by atoms with E-state index < -0.39 is 0 Å². The molecule has 0 heterocycles. The highest BCUT2D eigenvalue weighted by Gasteiger charge is 2.42. The molecule has 0 aromatic heterocycles. The van der Waals surface area contributed by atoms with Crippen molar-refractivity contribution in [1.82, 2.24) is 5.32 Å². The van der Waals surface area contributed by atoms with Crippen LogP contribution >= 0.6 is 23.2 Å². The smallest absolute Gasteiger partial charge is 0.0717 e. The maximum absolute atomic E-state index is 6.60. The summed E-state index contributed by atoms with van der Waals surface area (Å²) in [6.45, 7) is 12.2. The third-order valence-corrected chi connectivity index (χ3v) is 10.4. The van der Waals surface area contributed by atoms with Crippen molar-refractivity contribution in [2.75, 3.05) is 19.8 Å². The van der Waals surface area contributed by atoms with Gasteiger partial charge in [0.15, 0.2) is 0 Å². The topological polar surface area (TPSA) is 30.5 Å². The van der Waals surface area contributed by atoms with E-state index in [4.69, 9.17) is 32.7 Å². The first-order chi connectivity index (χ1) is 22.3. The zero-order chi connectivity index (χ0) is 32.5. The lowest BCUT2D eigenvalue weighted by Gasteiger charge is -2.46. The maximum atomic E-state index is 6.60. The minimum Gasteiger partial charge on any atom is -0.376 e. The van der Waals surface area contributed by atoms with E-state index >= 15 is 0 Å². The molecule has 0 bridgehead atoms. The summed E-state index contributed by atoms with van der Waals surface area (Å²) >= 11 is 12.3. The molecule has 0 radical (unpaired) electrons. The average Bonchev–Trinajstić information content (AvgIpc) is 3.04. The van der Waals surface area contributed by atoms with E-state index in [1.54, 1.807) is 0 Å². The van der Waals surface area contributed by atoms with Crippen LogP contribution in [-0.4, -0.2) is 25.3 Å². The zero-order valence-corrected chi connectivity index (χ0v) is 29.4. The fraction of sp³-hybridized carbons (Fsp3) is 0.415. The van der Waals surface area contributed by atoms with Crippen LogP contribution in [0, 0.1) is 27.7 Å². The summed E-state index contributed by atoms with van der Waals surface area (Å²) in [6.07, 6.45) is 5.96. The molecular weight excluding hydrogens is 609 g/mol. The van der Waals surface area contributed by atoms with E-state index in [1.165, 1.54) is 52.6 Å². The largest absolute Gasteiger partial charge is 0.376 e. The maximum Gasteiger partial charge on any atom is 0.0717 e. The lowest BCUT2D eigenvalue weighted by Crippen LogP contribution is -2.54. The van der Waals surface area contributed by atoms with Crippen molar-refractivity contribution in [2.24, 2.45) is 0 Å². The average molecular weight is 659 g/mol. The Hall–Kier alpha value is -2.66. The van der Waals surface area contributed by atoms with Crippen LogP contribution in [0.4, 0.5) is 0 Å². The van der Waals surface area contributed by atoms with Crippen LogP contribution in [0.1, 0.15) is 88.4 Å². The highest BCUT2D eigenvalue weighted by Crippen LogP contribution is 2.43. The summed E-state index contributed by atoms with van der Waals surface area (Å²) in [5.41, 5.74) is 10.3. The van der Waals surface area contributed by atoms with E-state index in [0.717, 1.165) is 40.6 Å². The quantitative estimate of drug-likeness (QED) is 0.146. The number of benzene rings is 4. The molecule has 46 heavy (non-hydrogen) atoms. The summed E-state index contributed by atoms with van der Waals surface area (Å²) in [5, 5.41) is 5.75. The summed E-state index contributed by atoms with van der Waals surface area (Å²) in [5.74, 6) is 0.427. The van der Waals surface area contributed by atoms with Gasteiger partial charge >= 0.3 is 0 Å². The molecule has 0 aliphatic heterocycles. The molecule has 1 N–H and O–H groups in total. The molecule has 3 nitrogen and oxygen atoms in total. The number of halogens is 2. The highest BCUT2D eigenvalue weighted by molar-refractivity contribution is 6.30. The minimum atomic E-state index is -0.0832. The molecule has 1 aliphatic carbocycles. The molecule has 1 fully saturated rings. The fourth-order valence-electron chi connectivity index (χ4n) is 7.54. The molecule has 2 unspecified atom stereocenters.